The first-order valence-electron chi connectivity index (χ1n) is 5.85. The molecule has 4 N–H and O–H groups in total. The van der Waals surface area contributed by atoms with Crippen molar-refractivity contribution in [1.29, 1.82) is 0 Å². The average molecular weight is 360 g/mol. The van der Waals surface area contributed by atoms with Crippen LogP contribution in [-0.2, 0) is 25.0 Å². The van der Waals surface area contributed by atoms with E-state index in [4.69, 9.17) is 9.11 Å². The summed E-state index contributed by atoms with van der Waals surface area (Å²) in [6.07, 6.45) is 0. The first kappa shape index (κ1) is 17.1. The molecule has 0 bridgehead atoms. The molecule has 123 valence electrons. The second-order valence-corrected chi connectivity index (χ2v) is 7.36. The standard InChI is InChI=1S/C12H10NO8S2/c1-6(14)13-10-4-8(22(16,17)18)2-7-3-9(23(19,20)21)5-11(15)12(7)10/h2-4,15H,1H3,(H,13,14)(H,16,17,18)(H,19,20,21). The van der Waals surface area contributed by atoms with Crippen LogP contribution in [0.1, 0.15) is 6.92 Å². The van der Waals surface area contributed by atoms with Gasteiger partial charge in [0.2, 0.25) is 5.91 Å². The third kappa shape index (κ3) is 3.59. The molecule has 23 heavy (non-hydrogen) atoms. The van der Waals surface area contributed by atoms with Crippen molar-refractivity contribution in [3.05, 3.63) is 24.3 Å². The molecule has 0 fully saturated rings. The van der Waals surface area contributed by atoms with Crippen LogP contribution in [0, 0.1) is 6.07 Å². The second kappa shape index (κ2) is 5.45. The van der Waals surface area contributed by atoms with E-state index in [1.54, 1.807) is 0 Å². The Morgan fingerprint density at radius 1 is 1.09 bits per heavy atom. The van der Waals surface area contributed by atoms with Crippen molar-refractivity contribution in [2.45, 2.75) is 16.7 Å². The molecule has 0 heterocycles. The number of anilines is 1. The number of carbonyl (C=O) groups is 1. The van der Waals surface area contributed by atoms with Gasteiger partial charge in [-0.15, -0.1) is 0 Å². The summed E-state index contributed by atoms with van der Waals surface area (Å²) < 4.78 is 63.0. The molecule has 9 nitrogen and oxygen atoms in total. The lowest BCUT2D eigenvalue weighted by molar-refractivity contribution is -0.114. The van der Waals surface area contributed by atoms with Crippen LogP contribution in [0.25, 0.3) is 10.8 Å². The SMILES string of the molecule is CC(=O)Nc1cc(S(=O)(=O)O)cc2cc(S(=O)(=O)O)[c]c(O)c12. The molecule has 0 aromatic heterocycles. The molecule has 2 rings (SSSR count). The van der Waals surface area contributed by atoms with Crippen molar-refractivity contribution in [3.63, 3.8) is 0 Å². The Bertz CT molecular complexity index is 1020. The van der Waals surface area contributed by atoms with Gasteiger partial charge >= 0.3 is 0 Å². The van der Waals surface area contributed by atoms with E-state index >= 15 is 0 Å². The molecule has 0 aliphatic carbocycles. The normalized spacial score (nSPS) is 12.3. The first-order chi connectivity index (χ1) is 10.4. The Balaban J connectivity index is 2.95. The van der Waals surface area contributed by atoms with Gasteiger partial charge in [-0.05, 0) is 23.6 Å². The summed E-state index contributed by atoms with van der Waals surface area (Å²) in [7, 11) is -9.38. The van der Waals surface area contributed by atoms with Gasteiger partial charge < -0.3 is 10.4 Å². The number of rotatable bonds is 3. The molecular weight excluding hydrogens is 350 g/mol. The zero-order chi connectivity index (χ0) is 17.6. The summed E-state index contributed by atoms with van der Waals surface area (Å²) >= 11 is 0. The minimum atomic E-state index is -4.72. The van der Waals surface area contributed by atoms with Crippen LogP contribution in [0.4, 0.5) is 5.69 Å². The Labute approximate surface area is 131 Å². The van der Waals surface area contributed by atoms with E-state index in [2.05, 4.69) is 5.32 Å². The fourth-order valence-electron chi connectivity index (χ4n) is 1.95. The zero-order valence-electron chi connectivity index (χ0n) is 11.4. The highest BCUT2D eigenvalue weighted by atomic mass is 32.2. The number of nitrogens with one attached hydrogen (secondary N) is 1. The van der Waals surface area contributed by atoms with Gasteiger partial charge in [0.05, 0.1) is 16.6 Å². The number of amides is 1. The van der Waals surface area contributed by atoms with Crippen molar-refractivity contribution < 1.29 is 35.8 Å². The summed E-state index contributed by atoms with van der Waals surface area (Å²) in [5, 5.41) is 11.9. The Morgan fingerprint density at radius 3 is 2.17 bits per heavy atom. The smallest absolute Gasteiger partial charge is 0.295 e. The van der Waals surface area contributed by atoms with Gasteiger partial charge in [0.25, 0.3) is 20.2 Å². The maximum absolute atomic E-state index is 11.3. The summed E-state index contributed by atoms with van der Waals surface area (Å²) in [6, 6.07) is 4.62. The first-order valence-corrected chi connectivity index (χ1v) is 8.73. The van der Waals surface area contributed by atoms with Crippen molar-refractivity contribution >= 4 is 42.6 Å². The molecule has 0 unspecified atom stereocenters. The van der Waals surface area contributed by atoms with Crippen LogP contribution < -0.4 is 5.32 Å². The third-order valence-corrected chi connectivity index (χ3v) is 4.40. The predicted octanol–water partition coefficient (Wildman–Crippen LogP) is 0.797. The van der Waals surface area contributed by atoms with Crippen LogP contribution in [0.2, 0.25) is 0 Å². The highest BCUT2D eigenvalue weighted by Gasteiger charge is 2.20. The van der Waals surface area contributed by atoms with Crippen molar-refractivity contribution in [1.82, 2.24) is 0 Å². The molecule has 0 aliphatic heterocycles. The van der Waals surface area contributed by atoms with Crippen LogP contribution in [-0.4, -0.2) is 37.0 Å². The number of phenolic OH excluding ortho intramolecular Hbond substituents is 1. The largest absolute Gasteiger partial charge is 0.507 e. The predicted molar refractivity (Wildman–Crippen MR) is 78.4 cm³/mol. The molecule has 11 heteroatoms. The van der Waals surface area contributed by atoms with E-state index in [0.29, 0.717) is 0 Å². The Hall–Kier alpha value is -2.21. The lowest BCUT2D eigenvalue weighted by Gasteiger charge is -2.12. The number of phenols is 1. The van der Waals surface area contributed by atoms with Gasteiger partial charge in [-0.1, -0.05) is 0 Å². The topological polar surface area (TPSA) is 158 Å². The fraction of sp³-hybridized carbons (Fsp3) is 0.0833. The highest BCUT2D eigenvalue weighted by molar-refractivity contribution is 7.86. The summed E-state index contributed by atoms with van der Waals surface area (Å²) in [5.74, 6) is -1.34. The van der Waals surface area contributed by atoms with Gasteiger partial charge in [0.1, 0.15) is 10.6 Å². The zero-order valence-corrected chi connectivity index (χ0v) is 13.1. The van der Waals surface area contributed by atoms with E-state index in [-0.39, 0.29) is 16.5 Å². The average Bonchev–Trinajstić information content (AvgIpc) is 2.34. The summed E-state index contributed by atoms with van der Waals surface area (Å²) in [6.45, 7) is 1.12. The van der Waals surface area contributed by atoms with Gasteiger partial charge in [-0.2, -0.15) is 16.8 Å². The molecule has 2 aromatic carbocycles. The molecular formula is C12H10NO8S2. The number of carbonyl (C=O) groups excluding carboxylic acids is 1. The molecule has 2 aromatic rings. The minimum absolute atomic E-state index is 0.111. The van der Waals surface area contributed by atoms with E-state index in [1.807, 2.05) is 6.07 Å². The van der Waals surface area contributed by atoms with E-state index < -0.39 is 41.7 Å². The maximum atomic E-state index is 11.3. The van der Waals surface area contributed by atoms with Crippen molar-refractivity contribution in [2.24, 2.45) is 0 Å². The van der Waals surface area contributed by atoms with Crippen molar-refractivity contribution in [3.8, 4) is 5.75 Å². The van der Waals surface area contributed by atoms with Gasteiger partial charge in [0, 0.05) is 12.3 Å². The molecule has 0 atom stereocenters. The number of hydrogen-bond acceptors (Lipinski definition) is 6. The van der Waals surface area contributed by atoms with Gasteiger partial charge in [0.15, 0.2) is 0 Å². The van der Waals surface area contributed by atoms with Crippen LogP contribution in [0.5, 0.6) is 5.75 Å². The summed E-state index contributed by atoms with van der Waals surface area (Å²) in [5.41, 5.74) is -0.182. The minimum Gasteiger partial charge on any atom is -0.507 e. The third-order valence-electron chi connectivity index (χ3n) is 2.79. The number of fused-ring (bicyclic) bond motifs is 1. The second-order valence-electron chi connectivity index (χ2n) is 4.55. The van der Waals surface area contributed by atoms with Crippen molar-refractivity contribution in [2.75, 3.05) is 5.32 Å². The van der Waals surface area contributed by atoms with E-state index in [1.165, 1.54) is 0 Å². The van der Waals surface area contributed by atoms with Gasteiger partial charge in [-0.3, -0.25) is 13.9 Å². The lowest BCUT2D eigenvalue weighted by Crippen LogP contribution is -2.08. The van der Waals surface area contributed by atoms with E-state index in [0.717, 1.165) is 25.1 Å². The number of hydrogen-bond donors (Lipinski definition) is 4. The summed E-state index contributed by atoms with van der Waals surface area (Å²) in [4.78, 5) is 9.76. The molecule has 1 amide bonds. The lowest BCUT2D eigenvalue weighted by atomic mass is 10.1. The molecule has 0 spiro atoms. The Kier molecular flexibility index (Phi) is 4.07. The van der Waals surface area contributed by atoms with Gasteiger partial charge in [-0.25, -0.2) is 0 Å². The molecule has 0 aliphatic rings. The highest BCUT2D eigenvalue weighted by Crippen LogP contribution is 2.36. The maximum Gasteiger partial charge on any atom is 0.295 e. The quantitative estimate of drug-likeness (QED) is 0.585. The molecule has 0 saturated carbocycles. The number of aromatic hydroxyl groups is 1. The molecule has 1 radical (unpaired) electrons. The van der Waals surface area contributed by atoms with E-state index in [9.17, 15) is 26.7 Å². The van der Waals surface area contributed by atoms with Crippen LogP contribution in [0.3, 0.4) is 0 Å². The Morgan fingerprint density at radius 2 is 1.70 bits per heavy atom. The van der Waals surface area contributed by atoms with Crippen LogP contribution in [0.15, 0.2) is 28.0 Å². The molecule has 0 saturated heterocycles. The van der Waals surface area contributed by atoms with Crippen LogP contribution >= 0.6 is 0 Å². The number of benzene rings is 2. The monoisotopic (exact) mass is 360 g/mol. The fourth-order valence-corrected chi connectivity index (χ4v) is 2.99.